The normalized spacial score (nSPS) is 17.5. The van der Waals surface area contributed by atoms with Gasteiger partial charge in [0.15, 0.2) is 5.13 Å². The molecule has 1 atom stereocenters. The maximum Gasteiger partial charge on any atom is 0.301 e. The van der Waals surface area contributed by atoms with Gasteiger partial charge in [-0.25, -0.2) is 4.98 Å². The van der Waals surface area contributed by atoms with Crippen LogP contribution >= 0.6 is 11.3 Å². The van der Waals surface area contributed by atoms with E-state index in [2.05, 4.69) is 0 Å². The molecule has 1 aromatic heterocycles. The number of benzene rings is 3. The zero-order valence-electron chi connectivity index (χ0n) is 18.9. The molecule has 1 saturated heterocycles. The van der Waals surface area contributed by atoms with Crippen molar-refractivity contribution in [3.63, 3.8) is 0 Å². The number of methoxy groups -OCH3 is 1. The van der Waals surface area contributed by atoms with Gasteiger partial charge in [0.25, 0.3) is 5.78 Å². The SMILES string of the molecule is COc1ccc([C@@H]2/C(=C(\O)c3ccccc3)C(=O)C(=O)N2c2nc3c(C)cc(C)cc3s2)cc1. The van der Waals surface area contributed by atoms with Crippen molar-refractivity contribution in [2.75, 3.05) is 12.0 Å². The molecule has 0 bridgehead atoms. The smallest absolute Gasteiger partial charge is 0.301 e. The van der Waals surface area contributed by atoms with Crippen molar-refractivity contribution >= 4 is 44.1 Å². The van der Waals surface area contributed by atoms with Crippen molar-refractivity contribution in [2.24, 2.45) is 0 Å². The fourth-order valence-corrected chi connectivity index (χ4v) is 5.51. The number of ketones is 1. The summed E-state index contributed by atoms with van der Waals surface area (Å²) in [4.78, 5) is 32.8. The number of aryl methyl sites for hydroxylation is 2. The minimum atomic E-state index is -0.826. The Morgan fingerprint density at radius 1 is 1.03 bits per heavy atom. The number of rotatable bonds is 4. The van der Waals surface area contributed by atoms with Crippen molar-refractivity contribution < 1.29 is 19.4 Å². The van der Waals surface area contributed by atoms with E-state index in [4.69, 9.17) is 9.72 Å². The Bertz CT molecular complexity index is 1460. The van der Waals surface area contributed by atoms with E-state index in [1.807, 2.05) is 32.0 Å². The lowest BCUT2D eigenvalue weighted by atomic mass is 9.95. The van der Waals surface area contributed by atoms with E-state index >= 15 is 0 Å². The molecular formula is C27H22N2O4S. The molecule has 1 aliphatic heterocycles. The molecule has 4 aromatic rings. The van der Waals surface area contributed by atoms with Crippen LogP contribution in [0.1, 0.15) is 28.3 Å². The third-order valence-corrected chi connectivity index (χ3v) is 6.95. The van der Waals surface area contributed by atoms with E-state index in [0.717, 1.165) is 21.3 Å². The summed E-state index contributed by atoms with van der Waals surface area (Å²) in [6, 6.07) is 19.1. The molecule has 0 unspecified atom stereocenters. The molecule has 170 valence electrons. The predicted octanol–water partition coefficient (Wildman–Crippen LogP) is 5.55. The van der Waals surface area contributed by atoms with Gasteiger partial charge in [0.05, 0.1) is 28.9 Å². The van der Waals surface area contributed by atoms with E-state index < -0.39 is 17.7 Å². The molecule has 7 heteroatoms. The van der Waals surface area contributed by atoms with Crippen LogP contribution in [0.5, 0.6) is 5.75 Å². The summed E-state index contributed by atoms with van der Waals surface area (Å²) in [5, 5.41) is 11.6. The Hall–Kier alpha value is -3.97. The number of nitrogens with zero attached hydrogens (tertiary/aromatic N) is 2. The van der Waals surface area contributed by atoms with Gasteiger partial charge in [0.1, 0.15) is 11.5 Å². The van der Waals surface area contributed by atoms with Gasteiger partial charge < -0.3 is 9.84 Å². The second-order valence-corrected chi connectivity index (χ2v) is 9.24. The number of anilines is 1. The molecule has 5 rings (SSSR count). The summed E-state index contributed by atoms with van der Waals surface area (Å²) in [7, 11) is 1.57. The first-order chi connectivity index (χ1) is 16.4. The van der Waals surface area contributed by atoms with Crippen LogP contribution in [0.3, 0.4) is 0 Å². The molecule has 1 aliphatic rings. The number of amides is 1. The Labute approximate surface area is 200 Å². The average Bonchev–Trinajstić information content (AvgIpc) is 3.38. The highest BCUT2D eigenvalue weighted by Crippen LogP contribution is 2.44. The highest BCUT2D eigenvalue weighted by molar-refractivity contribution is 7.22. The minimum Gasteiger partial charge on any atom is -0.507 e. The van der Waals surface area contributed by atoms with Crippen molar-refractivity contribution in [1.82, 2.24) is 4.98 Å². The van der Waals surface area contributed by atoms with Crippen LogP contribution in [0.2, 0.25) is 0 Å². The first kappa shape index (κ1) is 21.9. The van der Waals surface area contributed by atoms with Gasteiger partial charge in [-0.1, -0.05) is 59.9 Å². The molecule has 0 radical (unpaired) electrons. The lowest BCUT2D eigenvalue weighted by Crippen LogP contribution is -2.29. The van der Waals surface area contributed by atoms with E-state index in [1.54, 1.807) is 55.6 Å². The number of carbonyl (C=O) groups excluding carboxylic acids is 2. The van der Waals surface area contributed by atoms with Gasteiger partial charge >= 0.3 is 5.91 Å². The number of aliphatic hydroxyl groups excluding tert-OH is 1. The van der Waals surface area contributed by atoms with E-state index in [0.29, 0.717) is 22.0 Å². The second-order valence-electron chi connectivity index (χ2n) is 8.23. The van der Waals surface area contributed by atoms with Gasteiger partial charge in [-0.3, -0.25) is 14.5 Å². The highest BCUT2D eigenvalue weighted by Gasteiger charge is 2.48. The monoisotopic (exact) mass is 470 g/mol. The molecular weight excluding hydrogens is 448 g/mol. The number of hydrogen-bond acceptors (Lipinski definition) is 6. The molecule has 0 spiro atoms. The zero-order chi connectivity index (χ0) is 24.0. The van der Waals surface area contributed by atoms with Crippen LogP contribution in [-0.2, 0) is 9.59 Å². The summed E-state index contributed by atoms with van der Waals surface area (Å²) < 4.78 is 6.21. The third-order valence-electron chi connectivity index (χ3n) is 5.95. The number of fused-ring (bicyclic) bond motifs is 1. The first-order valence-corrected chi connectivity index (χ1v) is 11.6. The summed E-state index contributed by atoms with van der Waals surface area (Å²) in [6.45, 7) is 3.98. The fourth-order valence-electron chi connectivity index (χ4n) is 4.34. The Morgan fingerprint density at radius 2 is 1.74 bits per heavy atom. The maximum atomic E-state index is 13.4. The number of carbonyl (C=O) groups is 2. The summed E-state index contributed by atoms with van der Waals surface area (Å²) >= 11 is 1.36. The molecule has 1 fully saturated rings. The lowest BCUT2D eigenvalue weighted by Gasteiger charge is -2.23. The zero-order valence-corrected chi connectivity index (χ0v) is 19.7. The topological polar surface area (TPSA) is 79.7 Å². The van der Waals surface area contributed by atoms with E-state index in [-0.39, 0.29) is 11.3 Å². The molecule has 0 aliphatic carbocycles. The standard InChI is InChI=1S/C27H22N2O4S/c1-15-13-16(2)22-20(14-15)34-27(28-22)29-23(17-9-11-19(33-3)12-10-17)21(25(31)26(29)32)24(30)18-7-5-4-6-8-18/h4-14,23,30H,1-3H3/b24-21+/t23-/m1/s1. The quantitative estimate of drug-likeness (QED) is 0.240. The van der Waals surface area contributed by atoms with Crippen molar-refractivity contribution in [1.29, 1.82) is 0 Å². The molecule has 0 saturated carbocycles. The van der Waals surface area contributed by atoms with Crippen LogP contribution in [-0.4, -0.2) is 28.9 Å². The molecule has 34 heavy (non-hydrogen) atoms. The Kier molecular flexibility index (Phi) is 5.42. The molecule has 1 N–H and O–H groups in total. The van der Waals surface area contributed by atoms with Gasteiger partial charge in [0.2, 0.25) is 0 Å². The van der Waals surface area contributed by atoms with Crippen LogP contribution < -0.4 is 9.64 Å². The molecule has 3 aromatic carbocycles. The molecule has 6 nitrogen and oxygen atoms in total. The second kappa shape index (κ2) is 8.43. The summed E-state index contributed by atoms with van der Waals surface area (Å²) in [5.41, 5.74) is 4.06. The molecule has 1 amide bonds. The van der Waals surface area contributed by atoms with Crippen molar-refractivity contribution in [3.05, 3.63) is 94.6 Å². The fraction of sp³-hybridized carbons (Fsp3) is 0.148. The van der Waals surface area contributed by atoms with Crippen LogP contribution in [0.15, 0.2) is 72.3 Å². The van der Waals surface area contributed by atoms with Gasteiger partial charge in [-0.05, 0) is 48.7 Å². The number of Topliss-reactive ketones (excluding diaryl/α,β-unsaturated/α-hetero) is 1. The maximum absolute atomic E-state index is 13.4. The van der Waals surface area contributed by atoms with Gasteiger partial charge in [-0.15, -0.1) is 0 Å². The number of aromatic nitrogens is 1. The Balaban J connectivity index is 1.74. The number of thiazole rings is 1. The Morgan fingerprint density at radius 3 is 2.41 bits per heavy atom. The highest BCUT2D eigenvalue weighted by atomic mass is 32.1. The van der Waals surface area contributed by atoms with E-state index in [1.165, 1.54) is 16.2 Å². The van der Waals surface area contributed by atoms with E-state index in [9.17, 15) is 14.7 Å². The van der Waals surface area contributed by atoms with Gasteiger partial charge in [0, 0.05) is 5.56 Å². The lowest BCUT2D eigenvalue weighted by molar-refractivity contribution is -0.132. The largest absolute Gasteiger partial charge is 0.507 e. The number of aliphatic hydroxyl groups is 1. The van der Waals surface area contributed by atoms with Gasteiger partial charge in [-0.2, -0.15) is 0 Å². The summed E-state index contributed by atoms with van der Waals surface area (Å²) in [5.74, 6) is -1.02. The number of hydrogen-bond donors (Lipinski definition) is 1. The average molecular weight is 471 g/mol. The van der Waals surface area contributed by atoms with Crippen LogP contribution in [0.4, 0.5) is 5.13 Å². The van der Waals surface area contributed by atoms with Crippen LogP contribution in [0.25, 0.3) is 16.0 Å². The van der Waals surface area contributed by atoms with Crippen molar-refractivity contribution in [2.45, 2.75) is 19.9 Å². The third kappa shape index (κ3) is 3.54. The minimum absolute atomic E-state index is 0.0357. The summed E-state index contributed by atoms with van der Waals surface area (Å²) in [6.07, 6.45) is 0. The number of ether oxygens (including phenoxy) is 1. The van der Waals surface area contributed by atoms with Crippen molar-refractivity contribution in [3.8, 4) is 5.75 Å². The van der Waals surface area contributed by atoms with Crippen LogP contribution in [0, 0.1) is 13.8 Å². The molecule has 2 heterocycles. The first-order valence-electron chi connectivity index (χ1n) is 10.8. The predicted molar refractivity (Wildman–Crippen MR) is 133 cm³/mol.